The molecule has 0 saturated heterocycles. The van der Waals surface area contributed by atoms with Gasteiger partial charge in [0.1, 0.15) is 0 Å². The predicted octanol–water partition coefficient (Wildman–Crippen LogP) is 4.84. The van der Waals surface area contributed by atoms with Gasteiger partial charge in [0, 0.05) is 34.0 Å². The molecule has 134 valence electrons. The molecule has 4 heteroatoms. The van der Waals surface area contributed by atoms with E-state index in [0.29, 0.717) is 0 Å². The Hall–Kier alpha value is -1.29. The summed E-state index contributed by atoms with van der Waals surface area (Å²) >= 11 is 6.86. The molecule has 1 aromatic heterocycles. The number of alkyl halides is 1. The Morgan fingerprint density at radius 1 is 1.32 bits per heavy atom. The summed E-state index contributed by atoms with van der Waals surface area (Å²) < 4.78 is 0. The minimum Gasteiger partial charge on any atom is -0.659 e. The molecule has 5 unspecified atom stereocenters. The number of likely N-dealkylation sites (N-methyl/N-ethyl adjacent to an activating group) is 1. The summed E-state index contributed by atoms with van der Waals surface area (Å²) in [6, 6.07) is 5.99. The molecule has 2 N–H and O–H groups in total. The molecule has 1 aromatic carbocycles. The smallest absolute Gasteiger partial charge is 0.0804 e. The van der Waals surface area contributed by atoms with Gasteiger partial charge in [0.25, 0.3) is 0 Å². The van der Waals surface area contributed by atoms with E-state index in [9.17, 15) is 5.11 Å². The number of hydrogen-bond acceptors (Lipinski definition) is 1. The summed E-state index contributed by atoms with van der Waals surface area (Å²) in [7, 11) is 1.79. The average Bonchev–Trinajstić information content (AvgIpc) is 3.02. The maximum absolute atomic E-state index is 12.2. The highest BCUT2D eigenvalue weighted by Crippen LogP contribution is 2.63. The molecule has 5 atom stereocenters. The predicted molar refractivity (Wildman–Crippen MR) is 104 cm³/mol. The van der Waals surface area contributed by atoms with Gasteiger partial charge in [-0.1, -0.05) is 45.0 Å². The van der Waals surface area contributed by atoms with E-state index < -0.39 is 11.0 Å². The van der Waals surface area contributed by atoms with Crippen LogP contribution in [0.4, 0.5) is 0 Å². The maximum atomic E-state index is 12.2. The SMILES string of the molecule is C=CC1(C)C(Cl)CC2C(C)(C)c3cccc4[nH]cc(c34)C2(O)C1[N-]C. The van der Waals surface area contributed by atoms with Crippen molar-refractivity contribution in [2.75, 3.05) is 7.05 Å². The minimum absolute atomic E-state index is 0.0156. The first-order valence-corrected chi connectivity index (χ1v) is 9.36. The van der Waals surface area contributed by atoms with Crippen LogP contribution in [0.5, 0.6) is 0 Å². The lowest BCUT2D eigenvalue weighted by atomic mass is 9.48. The van der Waals surface area contributed by atoms with E-state index in [-0.39, 0.29) is 22.8 Å². The van der Waals surface area contributed by atoms with Crippen LogP contribution < -0.4 is 0 Å². The third-order valence-corrected chi connectivity index (χ3v) is 7.70. The molecule has 1 heterocycles. The van der Waals surface area contributed by atoms with Crippen molar-refractivity contribution in [3.05, 3.63) is 53.5 Å². The summed E-state index contributed by atoms with van der Waals surface area (Å²) in [6.45, 7) is 10.5. The second-order valence-electron chi connectivity index (χ2n) is 8.46. The fourth-order valence-corrected chi connectivity index (χ4v) is 5.98. The number of aromatic nitrogens is 1. The van der Waals surface area contributed by atoms with Crippen LogP contribution in [0.2, 0.25) is 0 Å². The molecule has 3 nitrogen and oxygen atoms in total. The Morgan fingerprint density at radius 2 is 2.04 bits per heavy atom. The summed E-state index contributed by atoms with van der Waals surface area (Å²) in [5.41, 5.74) is 1.55. The number of rotatable bonds is 2. The van der Waals surface area contributed by atoms with E-state index in [2.05, 4.69) is 55.9 Å². The summed E-state index contributed by atoms with van der Waals surface area (Å²) in [4.78, 5) is 3.36. The molecule has 0 radical (unpaired) electrons. The fraction of sp³-hybridized carbons (Fsp3) is 0.524. The topological polar surface area (TPSA) is 50.1 Å². The lowest BCUT2D eigenvalue weighted by Crippen LogP contribution is -2.64. The van der Waals surface area contributed by atoms with Gasteiger partial charge in [0.05, 0.1) is 5.60 Å². The number of halogens is 1. The van der Waals surface area contributed by atoms with Crippen LogP contribution >= 0.6 is 11.6 Å². The number of fused-ring (bicyclic) bond motifs is 2. The van der Waals surface area contributed by atoms with Crippen LogP contribution in [0, 0.1) is 11.3 Å². The highest BCUT2D eigenvalue weighted by atomic mass is 35.5. The Bertz CT molecular complexity index is 857. The maximum Gasteiger partial charge on any atom is 0.0804 e. The van der Waals surface area contributed by atoms with Crippen molar-refractivity contribution in [1.29, 1.82) is 0 Å². The number of nitrogens with one attached hydrogen (secondary N) is 1. The first kappa shape index (κ1) is 17.1. The largest absolute Gasteiger partial charge is 0.659 e. The van der Waals surface area contributed by atoms with E-state index in [1.165, 1.54) is 5.56 Å². The quantitative estimate of drug-likeness (QED) is 0.586. The van der Waals surface area contributed by atoms with Crippen LogP contribution in [-0.4, -0.2) is 28.6 Å². The van der Waals surface area contributed by atoms with Crippen LogP contribution in [0.25, 0.3) is 16.2 Å². The van der Waals surface area contributed by atoms with Crippen LogP contribution in [0.3, 0.4) is 0 Å². The summed E-state index contributed by atoms with van der Waals surface area (Å²) in [5, 5.41) is 17.9. The highest BCUT2D eigenvalue weighted by Gasteiger charge is 2.61. The van der Waals surface area contributed by atoms with Gasteiger partial charge in [-0.15, -0.1) is 18.2 Å². The van der Waals surface area contributed by atoms with Gasteiger partial charge < -0.3 is 15.4 Å². The lowest BCUT2D eigenvalue weighted by Gasteiger charge is -2.65. The van der Waals surface area contributed by atoms with Crippen LogP contribution in [0.15, 0.2) is 37.1 Å². The number of nitrogens with zero attached hydrogens (tertiary/aromatic N) is 1. The van der Waals surface area contributed by atoms with E-state index in [1.807, 2.05) is 12.3 Å². The van der Waals surface area contributed by atoms with Crippen molar-refractivity contribution < 1.29 is 5.11 Å². The van der Waals surface area contributed by atoms with Gasteiger partial charge >= 0.3 is 0 Å². The van der Waals surface area contributed by atoms with E-state index >= 15 is 0 Å². The van der Waals surface area contributed by atoms with Gasteiger partial charge in [-0.3, -0.25) is 0 Å². The van der Waals surface area contributed by atoms with Gasteiger partial charge in [-0.25, -0.2) is 0 Å². The highest BCUT2D eigenvalue weighted by molar-refractivity contribution is 6.21. The third-order valence-electron chi connectivity index (χ3n) is 7.06. The van der Waals surface area contributed by atoms with Crippen molar-refractivity contribution in [3.8, 4) is 0 Å². The number of benzene rings is 1. The zero-order valence-corrected chi connectivity index (χ0v) is 16.1. The second-order valence-corrected chi connectivity index (χ2v) is 8.99. The molecule has 1 saturated carbocycles. The van der Waals surface area contributed by atoms with Crippen molar-refractivity contribution >= 4 is 22.5 Å². The molecule has 0 bridgehead atoms. The molecule has 0 spiro atoms. The standard InChI is InChI=1S/C21H26ClN2O/c1-6-20(4)16(22)10-15-19(2,3)12-8-7-9-14-17(12)13(11-24-14)21(15,25)18(20)23-5/h6-9,11,15-16,18,24-25H,1,10H2,2-5H3/q-1. The van der Waals surface area contributed by atoms with Crippen LogP contribution in [-0.2, 0) is 11.0 Å². The molecule has 0 aliphatic heterocycles. The second kappa shape index (κ2) is 5.12. The number of hydrogen-bond donors (Lipinski definition) is 2. The first-order chi connectivity index (χ1) is 11.7. The molecule has 2 aromatic rings. The zero-order chi connectivity index (χ0) is 18.2. The minimum atomic E-state index is -1.07. The number of aromatic amines is 1. The van der Waals surface area contributed by atoms with Gasteiger partial charge in [0.2, 0.25) is 0 Å². The Balaban J connectivity index is 2.08. The molecule has 1 fully saturated rings. The third kappa shape index (κ3) is 1.84. The van der Waals surface area contributed by atoms with E-state index in [0.717, 1.165) is 22.9 Å². The Kier molecular flexibility index (Phi) is 3.51. The average molecular weight is 358 g/mol. The summed E-state index contributed by atoms with van der Waals surface area (Å²) in [6.07, 6.45) is 4.57. The zero-order valence-electron chi connectivity index (χ0n) is 15.3. The molecule has 0 amide bonds. The normalized spacial score (nSPS) is 39.2. The van der Waals surface area contributed by atoms with E-state index in [4.69, 9.17) is 11.6 Å². The molecule has 2 aliphatic rings. The molecule has 25 heavy (non-hydrogen) atoms. The van der Waals surface area contributed by atoms with Crippen molar-refractivity contribution in [3.63, 3.8) is 0 Å². The van der Waals surface area contributed by atoms with Gasteiger partial charge in [0.15, 0.2) is 0 Å². The molecule has 4 rings (SSSR count). The fourth-order valence-electron chi connectivity index (χ4n) is 5.60. The molecular weight excluding hydrogens is 332 g/mol. The molecular formula is C21H26ClN2O-. The number of aliphatic hydroxyl groups is 1. The Morgan fingerprint density at radius 3 is 2.68 bits per heavy atom. The van der Waals surface area contributed by atoms with Crippen molar-refractivity contribution in [1.82, 2.24) is 4.98 Å². The monoisotopic (exact) mass is 357 g/mol. The van der Waals surface area contributed by atoms with Crippen molar-refractivity contribution in [2.45, 2.75) is 49.6 Å². The Labute approximate surface area is 154 Å². The van der Waals surface area contributed by atoms with E-state index in [1.54, 1.807) is 7.05 Å². The van der Waals surface area contributed by atoms with Crippen LogP contribution in [0.1, 0.15) is 38.3 Å². The number of H-pyrrole nitrogens is 1. The first-order valence-electron chi connectivity index (χ1n) is 8.93. The molecule has 2 aliphatic carbocycles. The van der Waals surface area contributed by atoms with Crippen molar-refractivity contribution in [2.24, 2.45) is 11.3 Å². The lowest BCUT2D eigenvalue weighted by molar-refractivity contribution is -0.117. The summed E-state index contributed by atoms with van der Waals surface area (Å²) in [5.74, 6) is -0.0156. The van der Waals surface area contributed by atoms with Gasteiger partial charge in [-0.2, -0.15) is 7.05 Å². The van der Waals surface area contributed by atoms with Gasteiger partial charge in [-0.05, 0) is 28.9 Å².